The van der Waals surface area contributed by atoms with E-state index in [2.05, 4.69) is 37.7 Å². The molecule has 0 spiro atoms. The number of nitrogens with one attached hydrogen (secondary N) is 3. The van der Waals surface area contributed by atoms with Crippen LogP contribution in [0.4, 0.5) is 11.6 Å². The molecule has 6 rings (SSSR count). The molecule has 3 aromatic heterocycles. The van der Waals surface area contributed by atoms with Crippen molar-refractivity contribution in [2.75, 3.05) is 18.4 Å². The third kappa shape index (κ3) is 4.49. The second-order valence-electron chi connectivity index (χ2n) is 10.0. The van der Waals surface area contributed by atoms with Gasteiger partial charge in [0.15, 0.2) is 11.2 Å². The Morgan fingerprint density at radius 3 is 2.70 bits per heavy atom. The molecule has 0 bridgehead atoms. The summed E-state index contributed by atoms with van der Waals surface area (Å²) in [5, 5.41) is 7.41. The van der Waals surface area contributed by atoms with Gasteiger partial charge in [0.25, 0.3) is 5.56 Å². The first-order chi connectivity index (χ1) is 19.4. The minimum atomic E-state index is -0.498. The van der Waals surface area contributed by atoms with Crippen molar-refractivity contribution in [1.29, 1.82) is 0 Å². The molecule has 5 aromatic rings. The summed E-state index contributed by atoms with van der Waals surface area (Å²) in [6.45, 7) is 0.854. The van der Waals surface area contributed by atoms with Crippen LogP contribution in [0.1, 0.15) is 23.5 Å². The zero-order valence-electron chi connectivity index (χ0n) is 22.3. The lowest BCUT2D eigenvalue weighted by molar-refractivity contribution is -0.121. The molecular weight excluding hydrogens is 508 g/mol. The van der Waals surface area contributed by atoms with Crippen molar-refractivity contribution in [2.45, 2.75) is 25.3 Å². The summed E-state index contributed by atoms with van der Waals surface area (Å²) in [7, 11) is 2.99. The molecule has 2 aromatic carbocycles. The number of aliphatic imine (C=N–C) groups is 1. The van der Waals surface area contributed by atoms with Crippen molar-refractivity contribution in [1.82, 2.24) is 29.0 Å². The largest absolute Gasteiger partial charge is 0.361 e. The number of imidazole rings is 1. The second-order valence-corrected chi connectivity index (χ2v) is 10.0. The van der Waals surface area contributed by atoms with E-state index < -0.39 is 11.2 Å². The molecule has 0 saturated heterocycles. The number of aryl methyl sites for hydroxylation is 1. The molecule has 0 fully saturated rings. The van der Waals surface area contributed by atoms with Crippen LogP contribution in [-0.4, -0.2) is 48.9 Å². The molecule has 0 radical (unpaired) electrons. The van der Waals surface area contributed by atoms with Crippen molar-refractivity contribution in [3.8, 4) is 0 Å². The lowest BCUT2D eigenvalue weighted by Crippen LogP contribution is -2.38. The van der Waals surface area contributed by atoms with Gasteiger partial charge in [-0.3, -0.25) is 28.3 Å². The van der Waals surface area contributed by atoms with Crippen molar-refractivity contribution >= 4 is 45.8 Å². The monoisotopic (exact) mass is 538 g/mol. The van der Waals surface area contributed by atoms with Crippen molar-refractivity contribution in [2.24, 2.45) is 19.1 Å². The molecule has 3 N–H and O–H groups in total. The van der Waals surface area contributed by atoms with E-state index in [4.69, 9.17) is 0 Å². The first kappa shape index (κ1) is 25.4. The van der Waals surface area contributed by atoms with E-state index in [1.807, 2.05) is 48.8 Å². The van der Waals surface area contributed by atoms with Crippen LogP contribution in [0.5, 0.6) is 0 Å². The Hall–Kier alpha value is -4.93. The Balaban J connectivity index is 1.21. The molecule has 0 unspecified atom stereocenters. The smallest absolute Gasteiger partial charge is 0.332 e. The molecular formula is C29H30N8O3. The highest BCUT2D eigenvalue weighted by Gasteiger charge is 2.22. The fourth-order valence-corrected chi connectivity index (χ4v) is 5.35. The zero-order chi connectivity index (χ0) is 27.8. The van der Waals surface area contributed by atoms with E-state index in [1.165, 1.54) is 11.6 Å². The van der Waals surface area contributed by atoms with Gasteiger partial charge in [0.2, 0.25) is 11.9 Å². The first-order valence-electron chi connectivity index (χ1n) is 13.3. The quantitative estimate of drug-likeness (QED) is 0.266. The highest BCUT2D eigenvalue weighted by molar-refractivity contribution is 5.84. The van der Waals surface area contributed by atoms with E-state index in [9.17, 15) is 14.4 Å². The SMILES string of the molecule is Cn1c(=O)c2c(nc(NCCc3c[nH]c4ccccc34)n2CC(=O)NCC[C@@H]2C=Nc3ccccc32)n(C)c1=O. The van der Waals surface area contributed by atoms with Crippen LogP contribution < -0.4 is 21.9 Å². The summed E-state index contributed by atoms with van der Waals surface area (Å²) in [5.74, 6) is 0.257. The van der Waals surface area contributed by atoms with Crippen LogP contribution in [0, 0.1) is 0 Å². The third-order valence-electron chi connectivity index (χ3n) is 7.51. The molecule has 204 valence electrons. The number of rotatable bonds is 9. The molecule has 11 heteroatoms. The number of anilines is 1. The number of aromatic amines is 1. The van der Waals surface area contributed by atoms with E-state index in [0.717, 1.165) is 32.3 Å². The number of aromatic nitrogens is 5. The number of fused-ring (bicyclic) bond motifs is 3. The lowest BCUT2D eigenvalue weighted by Gasteiger charge is -2.13. The predicted molar refractivity (Wildman–Crippen MR) is 156 cm³/mol. The predicted octanol–water partition coefficient (Wildman–Crippen LogP) is 2.58. The summed E-state index contributed by atoms with van der Waals surface area (Å²) >= 11 is 0. The summed E-state index contributed by atoms with van der Waals surface area (Å²) in [5.41, 5.74) is 3.78. The molecule has 11 nitrogen and oxygen atoms in total. The lowest BCUT2D eigenvalue weighted by atomic mass is 9.98. The summed E-state index contributed by atoms with van der Waals surface area (Å²) in [6.07, 6.45) is 5.31. The standard InChI is InChI=1S/C29H30N8O3/c1-35-26-25(27(39)36(2)29(35)40)37(17-24(38)30-13-11-18-15-32-22-9-5-3-7-20(18)22)28(34-26)31-14-12-19-16-33-23-10-6-4-8-21(19)23/h3-10,15-16,18,33H,11-14,17H2,1-2H3,(H,30,38)(H,31,34)/t18-/m1/s1. The molecule has 1 aliphatic heterocycles. The maximum atomic E-state index is 13.1. The van der Waals surface area contributed by atoms with Gasteiger partial charge in [-0.05, 0) is 36.1 Å². The summed E-state index contributed by atoms with van der Waals surface area (Å²) < 4.78 is 3.92. The van der Waals surface area contributed by atoms with Crippen LogP contribution >= 0.6 is 0 Å². The van der Waals surface area contributed by atoms with Crippen molar-refractivity contribution in [3.05, 3.63) is 86.7 Å². The minimum absolute atomic E-state index is 0.116. The van der Waals surface area contributed by atoms with E-state index in [-0.39, 0.29) is 29.5 Å². The molecule has 0 aliphatic carbocycles. The molecule has 1 aliphatic rings. The highest BCUT2D eigenvalue weighted by Crippen LogP contribution is 2.33. The highest BCUT2D eigenvalue weighted by atomic mass is 16.2. The Bertz CT molecular complexity index is 1890. The minimum Gasteiger partial charge on any atom is -0.361 e. The number of carbonyl (C=O) groups excluding carboxylic acids is 1. The number of hydrogen-bond acceptors (Lipinski definition) is 6. The van der Waals surface area contributed by atoms with E-state index >= 15 is 0 Å². The fraction of sp³-hybridized carbons (Fsp3) is 0.276. The number of para-hydroxylation sites is 2. The fourth-order valence-electron chi connectivity index (χ4n) is 5.35. The van der Waals surface area contributed by atoms with Gasteiger partial charge < -0.3 is 15.6 Å². The molecule has 1 amide bonds. The van der Waals surface area contributed by atoms with Gasteiger partial charge in [-0.25, -0.2) is 4.79 Å². The maximum absolute atomic E-state index is 13.1. The van der Waals surface area contributed by atoms with Crippen LogP contribution in [0.15, 0.2) is 69.3 Å². The van der Waals surface area contributed by atoms with Gasteiger partial charge >= 0.3 is 5.69 Å². The Morgan fingerprint density at radius 2 is 1.82 bits per heavy atom. The average Bonchev–Trinajstić information content (AvgIpc) is 3.67. The Morgan fingerprint density at radius 1 is 1.02 bits per heavy atom. The summed E-state index contributed by atoms with van der Waals surface area (Å²) in [6, 6.07) is 16.1. The van der Waals surface area contributed by atoms with Gasteiger partial charge in [0.05, 0.1) is 5.69 Å². The maximum Gasteiger partial charge on any atom is 0.332 e. The Labute approximate surface area is 229 Å². The second kappa shape index (κ2) is 10.3. The van der Waals surface area contributed by atoms with Gasteiger partial charge in [-0.15, -0.1) is 0 Å². The molecule has 40 heavy (non-hydrogen) atoms. The van der Waals surface area contributed by atoms with E-state index in [1.54, 1.807) is 11.6 Å². The zero-order valence-corrected chi connectivity index (χ0v) is 22.3. The van der Waals surface area contributed by atoms with Crippen LogP contribution in [-0.2, 0) is 31.9 Å². The van der Waals surface area contributed by atoms with Gasteiger partial charge in [0.1, 0.15) is 6.54 Å². The average molecular weight is 539 g/mol. The number of carbonyl (C=O) groups is 1. The summed E-state index contributed by atoms with van der Waals surface area (Å²) in [4.78, 5) is 51.1. The molecule has 4 heterocycles. The third-order valence-corrected chi connectivity index (χ3v) is 7.51. The van der Waals surface area contributed by atoms with Gasteiger partial charge in [-0.1, -0.05) is 36.4 Å². The number of H-pyrrole nitrogens is 1. The van der Waals surface area contributed by atoms with Crippen LogP contribution in [0.3, 0.4) is 0 Å². The topological polar surface area (TPSA) is 131 Å². The van der Waals surface area contributed by atoms with Gasteiger partial charge in [-0.2, -0.15) is 4.98 Å². The molecule has 1 atom stereocenters. The van der Waals surface area contributed by atoms with Gasteiger partial charge in [0, 0.05) is 56.4 Å². The van der Waals surface area contributed by atoms with Crippen LogP contribution in [0.2, 0.25) is 0 Å². The molecule has 0 saturated carbocycles. The van der Waals surface area contributed by atoms with Crippen molar-refractivity contribution in [3.63, 3.8) is 0 Å². The number of benzene rings is 2. The number of hydrogen-bond donors (Lipinski definition) is 3. The van der Waals surface area contributed by atoms with Crippen molar-refractivity contribution < 1.29 is 4.79 Å². The first-order valence-corrected chi connectivity index (χ1v) is 13.3. The number of nitrogens with zero attached hydrogens (tertiary/aromatic N) is 5. The van der Waals surface area contributed by atoms with E-state index in [0.29, 0.717) is 31.9 Å². The normalized spacial score (nSPS) is 14.2. The Kier molecular flexibility index (Phi) is 6.54. The van der Waals surface area contributed by atoms with Crippen LogP contribution in [0.25, 0.3) is 22.1 Å². The number of amides is 1.